The molecule has 0 spiro atoms. The molecule has 3 aromatic rings. The minimum Gasteiger partial charge on any atom is -0.434 e. The van der Waals surface area contributed by atoms with E-state index in [-0.39, 0.29) is 0 Å². The highest BCUT2D eigenvalue weighted by molar-refractivity contribution is 6.31. The highest BCUT2D eigenvalue weighted by atomic mass is 35.5. The van der Waals surface area contributed by atoms with E-state index in [2.05, 4.69) is 9.98 Å². The summed E-state index contributed by atoms with van der Waals surface area (Å²) in [5.74, 6) is -0.230. The fourth-order valence-electron chi connectivity index (χ4n) is 3.21. The summed E-state index contributed by atoms with van der Waals surface area (Å²) in [6.07, 6.45) is 0.652. The van der Waals surface area contributed by atoms with Gasteiger partial charge in [0.1, 0.15) is 17.3 Å². The smallest absolute Gasteiger partial charge is 0.304 e. The standard InChI is InChI=1S/C20H15ClFN3O2/c1-11-23-10-18-20(27-12(2)26)24-19(14-5-3-4-6-16(14)22)15-9-13(21)7-8-17(15)25(11)18/h3-10,20H,1-2H3/t20-/m1/s1. The quantitative estimate of drug-likeness (QED) is 0.617. The summed E-state index contributed by atoms with van der Waals surface area (Å²) in [6, 6.07) is 11.6. The van der Waals surface area contributed by atoms with Crippen molar-refractivity contribution in [3.63, 3.8) is 0 Å². The molecule has 1 aromatic heterocycles. The number of carbonyl (C=O) groups excluding carboxylic acids is 1. The Kier molecular flexibility index (Phi) is 4.28. The molecule has 5 nitrogen and oxygen atoms in total. The van der Waals surface area contributed by atoms with E-state index in [1.54, 1.807) is 36.5 Å². The van der Waals surface area contributed by atoms with Crippen molar-refractivity contribution in [1.29, 1.82) is 0 Å². The number of hydrogen-bond donors (Lipinski definition) is 0. The molecule has 0 aliphatic carbocycles. The zero-order valence-electron chi connectivity index (χ0n) is 14.6. The van der Waals surface area contributed by atoms with Crippen molar-refractivity contribution in [2.24, 2.45) is 4.99 Å². The number of carbonyl (C=O) groups is 1. The summed E-state index contributed by atoms with van der Waals surface area (Å²) in [7, 11) is 0. The number of aryl methyl sites for hydroxylation is 1. The monoisotopic (exact) mass is 383 g/mol. The maximum atomic E-state index is 14.6. The third-order valence-electron chi connectivity index (χ3n) is 4.33. The minimum atomic E-state index is -0.954. The van der Waals surface area contributed by atoms with E-state index in [0.717, 1.165) is 5.69 Å². The maximum absolute atomic E-state index is 14.6. The lowest BCUT2D eigenvalue weighted by Gasteiger charge is -2.14. The van der Waals surface area contributed by atoms with E-state index in [0.29, 0.717) is 33.4 Å². The SMILES string of the molecule is CC(=O)O[C@H]1N=C(c2ccccc2F)c2cc(Cl)ccc2-n2c1cnc2C. The number of aromatic nitrogens is 2. The summed E-state index contributed by atoms with van der Waals surface area (Å²) < 4.78 is 21.8. The van der Waals surface area contributed by atoms with Gasteiger partial charge in [0.05, 0.1) is 17.6 Å². The van der Waals surface area contributed by atoms with Crippen LogP contribution in [0, 0.1) is 12.7 Å². The van der Waals surface area contributed by atoms with Crippen molar-refractivity contribution in [2.75, 3.05) is 0 Å². The van der Waals surface area contributed by atoms with Crippen LogP contribution in [0.5, 0.6) is 0 Å². The molecule has 7 heteroatoms. The molecule has 0 N–H and O–H groups in total. The van der Waals surface area contributed by atoms with Crippen LogP contribution in [-0.2, 0) is 9.53 Å². The molecule has 0 fully saturated rings. The van der Waals surface area contributed by atoms with Gasteiger partial charge in [-0.3, -0.25) is 9.36 Å². The lowest BCUT2D eigenvalue weighted by Crippen LogP contribution is -2.11. The van der Waals surface area contributed by atoms with Gasteiger partial charge >= 0.3 is 5.97 Å². The number of halogens is 2. The molecule has 136 valence electrons. The fraction of sp³-hybridized carbons (Fsp3) is 0.150. The van der Waals surface area contributed by atoms with E-state index in [9.17, 15) is 9.18 Å². The van der Waals surface area contributed by atoms with Crippen LogP contribution in [-0.4, -0.2) is 21.2 Å². The molecule has 0 saturated carbocycles. The van der Waals surface area contributed by atoms with Gasteiger partial charge in [-0.15, -0.1) is 0 Å². The van der Waals surface area contributed by atoms with E-state index in [4.69, 9.17) is 16.3 Å². The summed E-state index contributed by atoms with van der Waals surface area (Å²) in [4.78, 5) is 20.6. The summed E-state index contributed by atoms with van der Waals surface area (Å²) in [5, 5.41) is 0.489. The van der Waals surface area contributed by atoms with Gasteiger partial charge in [-0.05, 0) is 37.3 Å². The molecular formula is C20H15ClFN3O2. The van der Waals surface area contributed by atoms with Crippen molar-refractivity contribution in [3.8, 4) is 5.69 Å². The Labute approximate surface area is 160 Å². The Hall–Kier alpha value is -2.99. The van der Waals surface area contributed by atoms with Gasteiger partial charge in [0.15, 0.2) is 0 Å². The number of aliphatic imine (C=N–C) groups is 1. The maximum Gasteiger partial charge on any atom is 0.304 e. The van der Waals surface area contributed by atoms with Gasteiger partial charge in [-0.25, -0.2) is 14.4 Å². The number of esters is 1. The second-order valence-corrected chi connectivity index (χ2v) is 6.58. The van der Waals surface area contributed by atoms with Crippen LogP contribution in [0.15, 0.2) is 53.7 Å². The van der Waals surface area contributed by atoms with E-state index < -0.39 is 18.0 Å². The van der Waals surface area contributed by atoms with Gasteiger partial charge in [0.2, 0.25) is 6.23 Å². The summed E-state index contributed by atoms with van der Waals surface area (Å²) >= 11 is 6.23. The molecular weight excluding hydrogens is 369 g/mol. The van der Waals surface area contributed by atoms with Crippen LogP contribution in [0.4, 0.5) is 4.39 Å². The number of ether oxygens (including phenoxy) is 1. The van der Waals surface area contributed by atoms with E-state index in [1.807, 2.05) is 17.6 Å². The van der Waals surface area contributed by atoms with Crippen LogP contribution in [0.25, 0.3) is 5.69 Å². The highest BCUT2D eigenvalue weighted by Crippen LogP contribution is 2.34. The van der Waals surface area contributed by atoms with Crippen molar-refractivity contribution < 1.29 is 13.9 Å². The van der Waals surface area contributed by atoms with Gasteiger partial charge < -0.3 is 4.74 Å². The molecule has 0 saturated heterocycles. The molecule has 1 atom stereocenters. The van der Waals surface area contributed by atoms with E-state index in [1.165, 1.54) is 13.0 Å². The zero-order valence-corrected chi connectivity index (χ0v) is 15.4. The van der Waals surface area contributed by atoms with Gasteiger partial charge in [0, 0.05) is 23.1 Å². The lowest BCUT2D eigenvalue weighted by molar-refractivity contribution is -0.146. The third kappa shape index (κ3) is 3.02. The fourth-order valence-corrected chi connectivity index (χ4v) is 3.38. The first-order valence-electron chi connectivity index (χ1n) is 8.30. The zero-order chi connectivity index (χ0) is 19.1. The average molecular weight is 384 g/mol. The van der Waals surface area contributed by atoms with Gasteiger partial charge in [0.25, 0.3) is 0 Å². The molecule has 2 heterocycles. The van der Waals surface area contributed by atoms with Crippen molar-refractivity contribution >= 4 is 23.3 Å². The second kappa shape index (κ2) is 6.63. The highest BCUT2D eigenvalue weighted by Gasteiger charge is 2.29. The minimum absolute atomic E-state index is 0.300. The Bertz CT molecular complexity index is 1090. The van der Waals surface area contributed by atoms with Crippen LogP contribution in [0.3, 0.4) is 0 Å². The van der Waals surface area contributed by atoms with Crippen molar-refractivity contribution in [3.05, 3.63) is 82.1 Å². The number of fused-ring (bicyclic) bond motifs is 3. The number of hydrogen-bond acceptors (Lipinski definition) is 4. The summed E-state index contributed by atoms with van der Waals surface area (Å²) in [6.45, 7) is 3.14. The largest absolute Gasteiger partial charge is 0.434 e. The normalized spacial score (nSPS) is 15.4. The predicted octanol–water partition coefficient (Wildman–Crippen LogP) is 4.39. The molecule has 0 radical (unpaired) electrons. The molecule has 1 aliphatic rings. The van der Waals surface area contributed by atoms with Crippen LogP contribution in [0.2, 0.25) is 5.02 Å². The lowest BCUT2D eigenvalue weighted by atomic mass is 10.00. The van der Waals surface area contributed by atoms with Crippen LogP contribution in [0.1, 0.15) is 35.8 Å². The Balaban J connectivity index is 2.06. The Morgan fingerprint density at radius 2 is 2.00 bits per heavy atom. The molecule has 2 aromatic carbocycles. The first-order chi connectivity index (χ1) is 13.0. The molecule has 1 aliphatic heterocycles. The van der Waals surface area contributed by atoms with Crippen LogP contribution >= 0.6 is 11.6 Å². The number of benzene rings is 2. The molecule has 0 amide bonds. The van der Waals surface area contributed by atoms with Crippen molar-refractivity contribution in [2.45, 2.75) is 20.1 Å². The average Bonchev–Trinajstić information content (AvgIpc) is 2.94. The van der Waals surface area contributed by atoms with E-state index >= 15 is 0 Å². The number of nitrogens with zero attached hydrogens (tertiary/aromatic N) is 3. The number of imidazole rings is 1. The van der Waals surface area contributed by atoms with Gasteiger partial charge in [-0.2, -0.15) is 0 Å². The second-order valence-electron chi connectivity index (χ2n) is 6.15. The van der Waals surface area contributed by atoms with Gasteiger partial charge in [-0.1, -0.05) is 23.7 Å². The topological polar surface area (TPSA) is 56.5 Å². The number of rotatable bonds is 2. The van der Waals surface area contributed by atoms with Crippen LogP contribution < -0.4 is 0 Å². The first-order valence-corrected chi connectivity index (χ1v) is 8.68. The summed E-state index contributed by atoms with van der Waals surface area (Å²) in [5.41, 5.74) is 2.61. The Morgan fingerprint density at radius 1 is 1.22 bits per heavy atom. The third-order valence-corrected chi connectivity index (χ3v) is 4.56. The molecule has 4 rings (SSSR count). The molecule has 0 bridgehead atoms. The predicted molar refractivity (Wildman–Crippen MR) is 99.9 cm³/mol. The molecule has 27 heavy (non-hydrogen) atoms. The molecule has 0 unspecified atom stereocenters. The first kappa shape index (κ1) is 17.4. The Morgan fingerprint density at radius 3 is 2.74 bits per heavy atom. The van der Waals surface area contributed by atoms with Crippen molar-refractivity contribution in [1.82, 2.24) is 9.55 Å².